The zero-order valence-corrected chi connectivity index (χ0v) is 8.66. The van der Waals surface area contributed by atoms with Gasteiger partial charge in [-0.05, 0) is 26.2 Å². The Balaban J connectivity index is 1.99. The van der Waals surface area contributed by atoms with Gasteiger partial charge in [-0.1, -0.05) is 0 Å². The lowest BCUT2D eigenvalue weighted by Gasteiger charge is -2.21. The Morgan fingerprint density at radius 3 is 3.00 bits per heavy atom. The molecule has 0 aromatic carbocycles. The Kier molecular flexibility index (Phi) is 5.56. The van der Waals surface area contributed by atoms with Gasteiger partial charge in [-0.3, -0.25) is 0 Å². The summed E-state index contributed by atoms with van der Waals surface area (Å²) >= 11 is 0. The fourth-order valence-corrected chi connectivity index (χ4v) is 1.42. The van der Waals surface area contributed by atoms with E-state index in [1.54, 1.807) is 6.92 Å². The quantitative estimate of drug-likeness (QED) is 0.627. The first-order valence-electron chi connectivity index (χ1n) is 5.18. The monoisotopic (exact) mass is 202 g/mol. The van der Waals surface area contributed by atoms with Crippen molar-refractivity contribution in [3.63, 3.8) is 0 Å². The molecule has 1 saturated heterocycles. The van der Waals surface area contributed by atoms with Crippen LogP contribution in [0.2, 0.25) is 0 Å². The van der Waals surface area contributed by atoms with Crippen molar-refractivity contribution in [2.24, 2.45) is 0 Å². The van der Waals surface area contributed by atoms with Gasteiger partial charge in [0.25, 0.3) is 0 Å². The molecule has 1 rings (SSSR count). The first-order chi connectivity index (χ1) is 6.83. The van der Waals surface area contributed by atoms with Gasteiger partial charge in [0, 0.05) is 6.61 Å². The predicted molar refractivity (Wildman–Crippen MR) is 51.0 cm³/mol. The Hall–Kier alpha value is -0.610. The number of hydrogen-bond donors (Lipinski definition) is 0. The maximum atomic E-state index is 10.9. The van der Waals surface area contributed by atoms with Crippen LogP contribution in [0.1, 0.15) is 26.2 Å². The third-order valence-corrected chi connectivity index (χ3v) is 2.10. The smallest absolute Gasteiger partial charge is 0.332 e. The lowest BCUT2D eigenvalue weighted by atomic mass is 10.1. The van der Waals surface area contributed by atoms with Crippen molar-refractivity contribution in [3.05, 3.63) is 0 Å². The number of esters is 1. The molecular formula is C10H18O4. The zero-order valence-electron chi connectivity index (χ0n) is 8.66. The van der Waals surface area contributed by atoms with Crippen LogP contribution in [-0.4, -0.2) is 38.5 Å². The summed E-state index contributed by atoms with van der Waals surface area (Å²) in [6.45, 7) is 3.53. The van der Waals surface area contributed by atoms with Crippen LogP contribution in [0.25, 0.3) is 0 Å². The molecule has 4 heteroatoms. The van der Waals surface area contributed by atoms with Crippen molar-refractivity contribution < 1.29 is 19.0 Å². The first kappa shape index (κ1) is 11.5. The van der Waals surface area contributed by atoms with E-state index in [0.717, 1.165) is 19.4 Å². The van der Waals surface area contributed by atoms with E-state index in [9.17, 15) is 4.79 Å². The maximum absolute atomic E-state index is 10.9. The van der Waals surface area contributed by atoms with Crippen LogP contribution in [0.4, 0.5) is 0 Å². The Labute approximate surface area is 84.5 Å². The average Bonchev–Trinajstić information content (AvgIpc) is 2.20. The molecule has 0 amide bonds. The van der Waals surface area contributed by atoms with Crippen LogP contribution in [0.5, 0.6) is 0 Å². The largest absolute Gasteiger partial charge is 0.464 e. The minimum atomic E-state index is -0.302. The van der Waals surface area contributed by atoms with Crippen LogP contribution >= 0.6 is 0 Å². The molecule has 4 nitrogen and oxygen atoms in total. The van der Waals surface area contributed by atoms with Crippen LogP contribution < -0.4 is 0 Å². The van der Waals surface area contributed by atoms with Gasteiger partial charge < -0.3 is 14.2 Å². The summed E-state index contributed by atoms with van der Waals surface area (Å²) in [7, 11) is 0. The van der Waals surface area contributed by atoms with Crippen molar-refractivity contribution >= 4 is 5.97 Å². The molecule has 0 aliphatic carbocycles. The number of rotatable bonds is 5. The van der Waals surface area contributed by atoms with Gasteiger partial charge in [0.1, 0.15) is 6.61 Å². The highest BCUT2D eigenvalue weighted by Crippen LogP contribution is 2.12. The lowest BCUT2D eigenvalue weighted by molar-refractivity contribution is -0.150. The Morgan fingerprint density at radius 2 is 2.36 bits per heavy atom. The highest BCUT2D eigenvalue weighted by molar-refractivity contribution is 5.70. The summed E-state index contributed by atoms with van der Waals surface area (Å²) in [6, 6.07) is 0. The van der Waals surface area contributed by atoms with Gasteiger partial charge in [-0.25, -0.2) is 4.79 Å². The van der Waals surface area contributed by atoms with Crippen LogP contribution in [0, 0.1) is 0 Å². The minimum absolute atomic E-state index is 0.0354. The third-order valence-electron chi connectivity index (χ3n) is 2.10. The first-order valence-corrected chi connectivity index (χ1v) is 5.18. The van der Waals surface area contributed by atoms with E-state index >= 15 is 0 Å². The minimum Gasteiger partial charge on any atom is -0.464 e. The van der Waals surface area contributed by atoms with Crippen molar-refractivity contribution in [2.45, 2.75) is 32.3 Å². The summed E-state index contributed by atoms with van der Waals surface area (Å²) < 4.78 is 15.4. The fourth-order valence-electron chi connectivity index (χ4n) is 1.42. The third kappa shape index (κ3) is 4.58. The Morgan fingerprint density at radius 1 is 1.50 bits per heavy atom. The molecule has 0 spiro atoms. The summed E-state index contributed by atoms with van der Waals surface area (Å²) in [5.74, 6) is -0.302. The van der Waals surface area contributed by atoms with E-state index in [1.165, 1.54) is 6.42 Å². The summed E-state index contributed by atoms with van der Waals surface area (Å²) in [4.78, 5) is 10.9. The Bertz CT molecular complexity index is 164. The van der Waals surface area contributed by atoms with E-state index in [4.69, 9.17) is 14.2 Å². The molecule has 0 N–H and O–H groups in total. The van der Waals surface area contributed by atoms with E-state index in [-0.39, 0.29) is 18.7 Å². The second kappa shape index (κ2) is 6.79. The fraction of sp³-hybridized carbons (Fsp3) is 0.900. The molecule has 1 heterocycles. The van der Waals surface area contributed by atoms with Gasteiger partial charge in [0.15, 0.2) is 0 Å². The van der Waals surface area contributed by atoms with Crippen molar-refractivity contribution in [1.29, 1.82) is 0 Å². The second-order valence-electron chi connectivity index (χ2n) is 3.31. The summed E-state index contributed by atoms with van der Waals surface area (Å²) in [5.41, 5.74) is 0. The molecule has 1 fully saturated rings. The van der Waals surface area contributed by atoms with E-state index in [0.29, 0.717) is 13.2 Å². The lowest BCUT2D eigenvalue weighted by Crippen LogP contribution is -2.26. The topological polar surface area (TPSA) is 44.8 Å². The SMILES string of the molecule is CCOC(=O)COC[C@H]1CCCCO1. The second-order valence-corrected chi connectivity index (χ2v) is 3.31. The van der Waals surface area contributed by atoms with Crippen molar-refractivity contribution in [2.75, 3.05) is 26.4 Å². The number of hydrogen-bond acceptors (Lipinski definition) is 4. The van der Waals surface area contributed by atoms with E-state index < -0.39 is 0 Å². The number of carbonyl (C=O) groups is 1. The predicted octanol–water partition coefficient (Wildman–Crippen LogP) is 1.14. The number of ether oxygens (including phenoxy) is 3. The van der Waals surface area contributed by atoms with Gasteiger partial charge in [-0.15, -0.1) is 0 Å². The van der Waals surface area contributed by atoms with Crippen molar-refractivity contribution in [1.82, 2.24) is 0 Å². The van der Waals surface area contributed by atoms with Gasteiger partial charge in [0.05, 0.1) is 19.3 Å². The van der Waals surface area contributed by atoms with Crippen LogP contribution in [0.15, 0.2) is 0 Å². The standard InChI is InChI=1S/C10H18O4/c1-2-13-10(11)8-12-7-9-5-3-4-6-14-9/h9H,2-8H2,1H3/t9-/m1/s1. The van der Waals surface area contributed by atoms with Gasteiger partial charge in [-0.2, -0.15) is 0 Å². The van der Waals surface area contributed by atoms with Crippen LogP contribution in [0.3, 0.4) is 0 Å². The van der Waals surface area contributed by atoms with Crippen molar-refractivity contribution in [3.8, 4) is 0 Å². The molecule has 14 heavy (non-hydrogen) atoms. The molecule has 0 saturated carbocycles. The summed E-state index contributed by atoms with van der Waals surface area (Å²) in [6.07, 6.45) is 3.52. The highest BCUT2D eigenvalue weighted by Gasteiger charge is 2.14. The molecule has 1 aliphatic rings. The zero-order chi connectivity index (χ0) is 10.2. The van der Waals surface area contributed by atoms with Gasteiger partial charge in [0.2, 0.25) is 0 Å². The van der Waals surface area contributed by atoms with Gasteiger partial charge >= 0.3 is 5.97 Å². The molecule has 1 atom stereocenters. The molecular weight excluding hydrogens is 184 g/mol. The molecule has 1 aliphatic heterocycles. The van der Waals surface area contributed by atoms with E-state index in [2.05, 4.69) is 0 Å². The molecule has 0 bridgehead atoms. The normalized spacial score (nSPS) is 21.9. The molecule has 82 valence electrons. The van der Waals surface area contributed by atoms with Crippen LogP contribution in [-0.2, 0) is 19.0 Å². The highest BCUT2D eigenvalue weighted by atomic mass is 16.6. The summed E-state index contributed by atoms with van der Waals surface area (Å²) in [5, 5.41) is 0. The molecule has 0 unspecified atom stereocenters. The molecule has 0 radical (unpaired) electrons. The van der Waals surface area contributed by atoms with E-state index in [1.807, 2.05) is 0 Å². The maximum Gasteiger partial charge on any atom is 0.332 e. The molecule has 0 aromatic rings. The average molecular weight is 202 g/mol. The molecule has 0 aromatic heterocycles. The number of carbonyl (C=O) groups excluding carboxylic acids is 1.